The number of carbonyl (C=O) groups is 2. The van der Waals surface area contributed by atoms with Crippen LogP contribution in [-0.4, -0.2) is 35.1 Å². The first-order valence-electron chi connectivity index (χ1n) is 7.00. The van der Waals surface area contributed by atoms with Crippen LogP contribution in [0.25, 0.3) is 0 Å². The molecule has 1 aliphatic carbocycles. The molecule has 0 aliphatic heterocycles. The van der Waals surface area contributed by atoms with Crippen LogP contribution in [0.5, 0.6) is 0 Å². The maximum Gasteiger partial charge on any atom is 0.337 e. The third-order valence-electron chi connectivity index (χ3n) is 3.36. The van der Waals surface area contributed by atoms with Crippen LogP contribution in [0, 0.1) is 5.92 Å². The van der Waals surface area contributed by atoms with E-state index in [-0.39, 0.29) is 11.6 Å². The molecule has 1 aliphatic rings. The number of carbonyl (C=O) groups excluding carboxylic acids is 1. The molecule has 0 heterocycles. The Balaban J connectivity index is 2.06. The molecule has 1 saturated carbocycles. The summed E-state index contributed by atoms with van der Waals surface area (Å²) >= 11 is 0. The lowest BCUT2D eigenvalue weighted by molar-refractivity contribution is 0.0698. The van der Waals surface area contributed by atoms with Crippen LogP contribution in [-0.2, 0) is 0 Å². The number of hydrogen-bond acceptors (Lipinski definition) is 2. The van der Waals surface area contributed by atoms with Gasteiger partial charge in [-0.3, -0.25) is 0 Å². The molecule has 108 valence electrons. The van der Waals surface area contributed by atoms with E-state index in [1.807, 2.05) is 6.92 Å². The smallest absolute Gasteiger partial charge is 0.337 e. The zero-order chi connectivity index (χ0) is 14.5. The molecule has 0 bridgehead atoms. The van der Waals surface area contributed by atoms with Gasteiger partial charge in [-0.1, -0.05) is 19.1 Å². The van der Waals surface area contributed by atoms with E-state index in [1.54, 1.807) is 23.1 Å². The lowest BCUT2D eigenvalue weighted by atomic mass is 10.2. The van der Waals surface area contributed by atoms with Gasteiger partial charge in [0.1, 0.15) is 0 Å². The first-order valence-corrected chi connectivity index (χ1v) is 7.00. The Labute approximate surface area is 118 Å². The molecule has 5 heteroatoms. The van der Waals surface area contributed by atoms with Gasteiger partial charge in [0, 0.05) is 13.1 Å². The van der Waals surface area contributed by atoms with Gasteiger partial charge in [-0.25, -0.2) is 9.59 Å². The SMILES string of the molecule is CCCN(CC1CC1)C(=O)Nc1ccccc1C(=O)O. The van der Waals surface area contributed by atoms with Crippen molar-refractivity contribution in [1.29, 1.82) is 0 Å². The predicted molar refractivity (Wildman–Crippen MR) is 77.0 cm³/mol. The third kappa shape index (κ3) is 3.73. The summed E-state index contributed by atoms with van der Waals surface area (Å²) in [6, 6.07) is 6.25. The Bertz CT molecular complexity index is 498. The van der Waals surface area contributed by atoms with E-state index in [0.29, 0.717) is 18.2 Å². The van der Waals surface area contributed by atoms with Crippen molar-refractivity contribution in [3.63, 3.8) is 0 Å². The van der Waals surface area contributed by atoms with Gasteiger partial charge >= 0.3 is 12.0 Å². The number of para-hydroxylation sites is 1. The van der Waals surface area contributed by atoms with Crippen LogP contribution >= 0.6 is 0 Å². The van der Waals surface area contributed by atoms with Crippen molar-refractivity contribution < 1.29 is 14.7 Å². The van der Waals surface area contributed by atoms with E-state index < -0.39 is 5.97 Å². The van der Waals surface area contributed by atoms with Crippen molar-refractivity contribution in [3.05, 3.63) is 29.8 Å². The third-order valence-corrected chi connectivity index (χ3v) is 3.36. The van der Waals surface area contributed by atoms with Crippen LogP contribution in [0.1, 0.15) is 36.5 Å². The number of anilines is 1. The highest BCUT2D eigenvalue weighted by Crippen LogP contribution is 2.30. The zero-order valence-corrected chi connectivity index (χ0v) is 11.6. The van der Waals surface area contributed by atoms with Crippen molar-refractivity contribution >= 4 is 17.7 Å². The van der Waals surface area contributed by atoms with Gasteiger partial charge in [-0.2, -0.15) is 0 Å². The Hall–Kier alpha value is -2.04. The largest absolute Gasteiger partial charge is 0.478 e. The van der Waals surface area contributed by atoms with Gasteiger partial charge in [0.05, 0.1) is 11.3 Å². The topological polar surface area (TPSA) is 69.6 Å². The first kappa shape index (κ1) is 14.4. The molecule has 0 aromatic heterocycles. The van der Waals surface area contributed by atoms with Crippen molar-refractivity contribution in [2.75, 3.05) is 18.4 Å². The zero-order valence-electron chi connectivity index (χ0n) is 11.6. The Kier molecular flexibility index (Phi) is 4.61. The second-order valence-electron chi connectivity index (χ2n) is 5.17. The Morgan fingerprint density at radius 2 is 2.05 bits per heavy atom. The minimum Gasteiger partial charge on any atom is -0.478 e. The predicted octanol–water partition coefficient (Wildman–Crippen LogP) is 3.04. The quantitative estimate of drug-likeness (QED) is 0.839. The highest BCUT2D eigenvalue weighted by atomic mass is 16.4. The van der Waals surface area contributed by atoms with Gasteiger partial charge in [0.2, 0.25) is 0 Å². The van der Waals surface area contributed by atoms with Crippen LogP contribution in [0.2, 0.25) is 0 Å². The molecule has 1 aromatic carbocycles. The molecular formula is C15H20N2O3. The molecular weight excluding hydrogens is 256 g/mol. The maximum atomic E-state index is 12.3. The van der Waals surface area contributed by atoms with E-state index in [2.05, 4.69) is 5.32 Å². The number of nitrogens with one attached hydrogen (secondary N) is 1. The molecule has 2 amide bonds. The lowest BCUT2D eigenvalue weighted by Gasteiger charge is -2.22. The molecule has 1 aromatic rings. The number of rotatable bonds is 6. The van der Waals surface area contributed by atoms with Crippen LogP contribution in [0.3, 0.4) is 0 Å². The summed E-state index contributed by atoms with van der Waals surface area (Å²) in [5, 5.41) is 11.8. The molecule has 2 rings (SSSR count). The molecule has 0 saturated heterocycles. The van der Waals surface area contributed by atoms with Crippen molar-refractivity contribution in [1.82, 2.24) is 4.90 Å². The maximum absolute atomic E-state index is 12.3. The molecule has 1 fully saturated rings. The van der Waals surface area contributed by atoms with Gasteiger partial charge in [-0.05, 0) is 37.3 Å². The number of carboxylic acid groups (broad SMARTS) is 1. The Morgan fingerprint density at radius 3 is 2.65 bits per heavy atom. The fraction of sp³-hybridized carbons (Fsp3) is 0.467. The average molecular weight is 276 g/mol. The fourth-order valence-electron chi connectivity index (χ4n) is 2.13. The number of aromatic carboxylic acids is 1. The number of nitrogens with zero attached hydrogens (tertiary/aromatic N) is 1. The van der Waals surface area contributed by atoms with Crippen LogP contribution < -0.4 is 5.32 Å². The van der Waals surface area contributed by atoms with E-state index in [4.69, 9.17) is 5.11 Å². The molecule has 2 N–H and O–H groups in total. The number of hydrogen-bond donors (Lipinski definition) is 2. The minimum absolute atomic E-state index is 0.115. The molecule has 0 spiro atoms. The van der Waals surface area contributed by atoms with E-state index >= 15 is 0 Å². The van der Waals surface area contributed by atoms with Crippen LogP contribution in [0.4, 0.5) is 10.5 Å². The van der Waals surface area contributed by atoms with E-state index in [0.717, 1.165) is 13.0 Å². The monoisotopic (exact) mass is 276 g/mol. The number of urea groups is 1. The standard InChI is InChI=1S/C15H20N2O3/c1-2-9-17(10-11-7-8-11)15(20)16-13-6-4-3-5-12(13)14(18)19/h3-6,11H,2,7-10H2,1H3,(H,16,20)(H,18,19). The summed E-state index contributed by atoms with van der Waals surface area (Å²) in [6.45, 7) is 3.48. The second-order valence-corrected chi connectivity index (χ2v) is 5.17. The molecule has 0 radical (unpaired) electrons. The van der Waals surface area contributed by atoms with E-state index in [1.165, 1.54) is 18.9 Å². The summed E-state index contributed by atoms with van der Waals surface area (Å²) in [5.74, 6) is -0.424. The van der Waals surface area contributed by atoms with Crippen molar-refractivity contribution in [3.8, 4) is 0 Å². The molecule has 5 nitrogen and oxygen atoms in total. The summed E-state index contributed by atoms with van der Waals surface area (Å²) in [5.41, 5.74) is 0.464. The number of carboxylic acids is 1. The number of benzene rings is 1. The second kappa shape index (κ2) is 6.41. The average Bonchev–Trinajstić information content (AvgIpc) is 3.22. The van der Waals surface area contributed by atoms with Crippen LogP contribution in [0.15, 0.2) is 24.3 Å². The normalized spacial score (nSPS) is 13.8. The van der Waals surface area contributed by atoms with Crippen molar-refractivity contribution in [2.45, 2.75) is 26.2 Å². The summed E-state index contributed by atoms with van der Waals surface area (Å²) in [6.07, 6.45) is 3.25. The van der Waals surface area contributed by atoms with Gasteiger partial charge in [0.25, 0.3) is 0 Å². The summed E-state index contributed by atoms with van der Waals surface area (Å²) in [7, 11) is 0. The first-order chi connectivity index (χ1) is 9.61. The molecule has 0 atom stereocenters. The van der Waals surface area contributed by atoms with E-state index in [9.17, 15) is 9.59 Å². The van der Waals surface area contributed by atoms with Gasteiger partial charge in [0.15, 0.2) is 0 Å². The minimum atomic E-state index is -1.04. The summed E-state index contributed by atoms with van der Waals surface area (Å²) < 4.78 is 0. The van der Waals surface area contributed by atoms with Gasteiger partial charge < -0.3 is 15.3 Å². The highest BCUT2D eigenvalue weighted by Gasteiger charge is 2.26. The van der Waals surface area contributed by atoms with Crippen molar-refractivity contribution in [2.24, 2.45) is 5.92 Å². The molecule has 20 heavy (non-hydrogen) atoms. The summed E-state index contributed by atoms with van der Waals surface area (Å²) in [4.78, 5) is 25.2. The molecule has 0 unspecified atom stereocenters. The Morgan fingerprint density at radius 1 is 1.35 bits per heavy atom. The lowest BCUT2D eigenvalue weighted by Crippen LogP contribution is -2.37. The number of amides is 2. The fourth-order valence-corrected chi connectivity index (χ4v) is 2.13. The van der Waals surface area contributed by atoms with Gasteiger partial charge in [-0.15, -0.1) is 0 Å². The highest BCUT2D eigenvalue weighted by molar-refractivity contribution is 5.99.